The van der Waals surface area contributed by atoms with Crippen LogP contribution in [0.2, 0.25) is 5.02 Å². The van der Waals surface area contributed by atoms with Gasteiger partial charge in [0, 0.05) is 5.02 Å². The summed E-state index contributed by atoms with van der Waals surface area (Å²) in [5, 5.41) is 7.82. The second-order valence-corrected chi connectivity index (χ2v) is 8.72. The third-order valence-corrected chi connectivity index (χ3v) is 6.21. The predicted octanol–water partition coefficient (Wildman–Crippen LogP) is 6.53. The van der Waals surface area contributed by atoms with E-state index in [1.54, 1.807) is 0 Å². The van der Waals surface area contributed by atoms with Gasteiger partial charge < -0.3 is 14.6 Å². The van der Waals surface area contributed by atoms with E-state index in [0.29, 0.717) is 11.6 Å². The number of benzene rings is 3. The van der Waals surface area contributed by atoms with Gasteiger partial charge in [-0.05, 0) is 61.7 Å². The number of carbonyl (C=O) groups excluding carboxylic acids is 1. The molecule has 0 aliphatic heterocycles. The molecule has 1 amide bonds. The van der Waals surface area contributed by atoms with Gasteiger partial charge in [-0.15, -0.1) is 0 Å². The van der Waals surface area contributed by atoms with Gasteiger partial charge in [-0.2, -0.15) is 0 Å². The second-order valence-electron chi connectivity index (χ2n) is 8.29. The van der Waals surface area contributed by atoms with Crippen LogP contribution >= 0.6 is 11.6 Å². The number of ether oxygens (including phenoxy) is 1. The maximum absolute atomic E-state index is 13.2. The number of aromatic nitrogens is 1. The van der Waals surface area contributed by atoms with Crippen molar-refractivity contribution in [3.8, 4) is 5.75 Å². The Morgan fingerprint density at radius 3 is 2.18 bits per heavy atom. The standard InChI is InChI=1S/C28H27ClN2O3/c1-18(21-11-15-25(16-12-21)33-17-26-19(2)31-34-20(26)3)28(32)30-27(22-7-5-4-6-8-22)23-9-13-24(29)14-10-23/h4-16,18,27H,17H2,1-3H3,(H,30,32). The normalized spacial score (nSPS) is 12.7. The van der Waals surface area contributed by atoms with E-state index in [-0.39, 0.29) is 17.9 Å². The van der Waals surface area contributed by atoms with Crippen LogP contribution in [-0.4, -0.2) is 11.1 Å². The van der Waals surface area contributed by atoms with Crippen molar-refractivity contribution in [1.82, 2.24) is 10.5 Å². The highest BCUT2D eigenvalue weighted by molar-refractivity contribution is 6.30. The molecule has 1 N–H and O–H groups in total. The predicted molar refractivity (Wildman–Crippen MR) is 133 cm³/mol. The molecule has 0 fully saturated rings. The third kappa shape index (κ3) is 5.49. The number of nitrogens with zero attached hydrogens (tertiary/aromatic N) is 1. The van der Waals surface area contributed by atoms with E-state index in [9.17, 15) is 4.79 Å². The largest absolute Gasteiger partial charge is 0.489 e. The molecule has 0 saturated carbocycles. The number of hydrogen-bond donors (Lipinski definition) is 1. The van der Waals surface area contributed by atoms with E-state index in [1.807, 2.05) is 99.6 Å². The zero-order valence-electron chi connectivity index (χ0n) is 19.4. The van der Waals surface area contributed by atoms with Gasteiger partial charge >= 0.3 is 0 Å². The fourth-order valence-electron chi connectivity index (χ4n) is 3.79. The third-order valence-electron chi connectivity index (χ3n) is 5.96. The van der Waals surface area contributed by atoms with Gasteiger partial charge in [0.05, 0.1) is 23.2 Å². The van der Waals surface area contributed by atoms with Crippen molar-refractivity contribution in [2.45, 2.75) is 39.3 Å². The smallest absolute Gasteiger partial charge is 0.228 e. The van der Waals surface area contributed by atoms with E-state index in [0.717, 1.165) is 39.5 Å². The zero-order chi connectivity index (χ0) is 24.1. The summed E-state index contributed by atoms with van der Waals surface area (Å²) in [5.74, 6) is 1.08. The highest BCUT2D eigenvalue weighted by atomic mass is 35.5. The average Bonchev–Trinajstić information content (AvgIpc) is 3.19. The van der Waals surface area contributed by atoms with Crippen LogP contribution in [0, 0.1) is 13.8 Å². The lowest BCUT2D eigenvalue weighted by atomic mass is 9.96. The highest BCUT2D eigenvalue weighted by Crippen LogP contribution is 2.26. The van der Waals surface area contributed by atoms with Crippen molar-refractivity contribution >= 4 is 17.5 Å². The molecule has 2 unspecified atom stereocenters. The summed E-state index contributed by atoms with van der Waals surface area (Å²) in [4.78, 5) is 13.2. The Bertz CT molecular complexity index is 1220. The van der Waals surface area contributed by atoms with Crippen molar-refractivity contribution < 1.29 is 14.1 Å². The first kappa shape index (κ1) is 23.6. The number of amides is 1. The zero-order valence-corrected chi connectivity index (χ0v) is 20.2. The van der Waals surface area contributed by atoms with Crippen LogP contribution in [0.25, 0.3) is 0 Å². The molecule has 4 aromatic rings. The van der Waals surface area contributed by atoms with Gasteiger partial charge in [0.1, 0.15) is 18.1 Å². The molecule has 2 atom stereocenters. The SMILES string of the molecule is Cc1noc(C)c1COc1ccc(C(C)C(=O)NC(c2ccccc2)c2ccc(Cl)cc2)cc1. The number of aryl methyl sites for hydroxylation is 2. The number of rotatable bonds is 8. The summed E-state index contributed by atoms with van der Waals surface area (Å²) in [6.07, 6.45) is 0. The van der Waals surface area contributed by atoms with E-state index in [1.165, 1.54) is 0 Å². The van der Waals surface area contributed by atoms with Crippen LogP contribution in [0.15, 0.2) is 83.4 Å². The van der Waals surface area contributed by atoms with E-state index in [4.69, 9.17) is 20.9 Å². The van der Waals surface area contributed by atoms with Gasteiger partial charge in [0.2, 0.25) is 5.91 Å². The summed E-state index contributed by atoms with van der Waals surface area (Å²) < 4.78 is 11.1. The Kier molecular flexibility index (Phi) is 7.33. The molecule has 174 valence electrons. The van der Waals surface area contributed by atoms with Crippen molar-refractivity contribution in [3.63, 3.8) is 0 Å². The first-order chi connectivity index (χ1) is 16.4. The molecule has 0 bridgehead atoms. The van der Waals surface area contributed by atoms with Gasteiger partial charge in [0.15, 0.2) is 0 Å². The van der Waals surface area contributed by atoms with Crippen molar-refractivity contribution in [2.75, 3.05) is 0 Å². The number of nitrogens with one attached hydrogen (secondary N) is 1. The number of hydrogen-bond acceptors (Lipinski definition) is 4. The van der Waals surface area contributed by atoms with Crippen molar-refractivity contribution in [2.24, 2.45) is 0 Å². The van der Waals surface area contributed by atoms with Crippen LogP contribution in [-0.2, 0) is 11.4 Å². The minimum atomic E-state index is -0.338. The summed E-state index contributed by atoms with van der Waals surface area (Å²) >= 11 is 6.07. The minimum absolute atomic E-state index is 0.0619. The molecule has 0 saturated heterocycles. The fourth-order valence-corrected chi connectivity index (χ4v) is 3.92. The van der Waals surface area contributed by atoms with Crippen molar-refractivity contribution in [3.05, 3.63) is 118 Å². The van der Waals surface area contributed by atoms with Crippen LogP contribution < -0.4 is 10.1 Å². The number of halogens is 1. The Balaban J connectivity index is 1.45. The molecule has 5 nitrogen and oxygen atoms in total. The maximum atomic E-state index is 13.2. The number of carbonyl (C=O) groups is 1. The lowest BCUT2D eigenvalue weighted by molar-refractivity contribution is -0.122. The lowest BCUT2D eigenvalue weighted by Gasteiger charge is -2.22. The summed E-state index contributed by atoms with van der Waals surface area (Å²) in [6, 6.07) is 24.8. The first-order valence-corrected chi connectivity index (χ1v) is 11.6. The molecule has 6 heteroatoms. The Morgan fingerprint density at radius 1 is 0.941 bits per heavy atom. The van der Waals surface area contributed by atoms with Crippen molar-refractivity contribution in [1.29, 1.82) is 0 Å². The monoisotopic (exact) mass is 474 g/mol. The van der Waals surface area contributed by atoms with E-state index >= 15 is 0 Å². The lowest BCUT2D eigenvalue weighted by Crippen LogP contribution is -2.32. The topological polar surface area (TPSA) is 64.4 Å². The first-order valence-electron chi connectivity index (χ1n) is 11.2. The molecule has 3 aromatic carbocycles. The molecule has 0 radical (unpaired) electrons. The van der Waals surface area contributed by atoms with Gasteiger partial charge in [-0.25, -0.2) is 0 Å². The molecule has 34 heavy (non-hydrogen) atoms. The van der Waals surface area contributed by atoms with Gasteiger partial charge in [-0.3, -0.25) is 4.79 Å². The van der Waals surface area contributed by atoms with Gasteiger partial charge in [0.25, 0.3) is 0 Å². The molecular formula is C28H27ClN2O3. The molecule has 1 heterocycles. The summed E-state index contributed by atoms with van der Waals surface area (Å²) in [6.45, 7) is 6.05. The van der Waals surface area contributed by atoms with Crippen LogP contribution in [0.3, 0.4) is 0 Å². The molecule has 0 aliphatic carbocycles. The van der Waals surface area contributed by atoms with E-state index < -0.39 is 0 Å². The Morgan fingerprint density at radius 2 is 1.56 bits per heavy atom. The van der Waals surface area contributed by atoms with Gasteiger partial charge in [-0.1, -0.05) is 71.4 Å². The maximum Gasteiger partial charge on any atom is 0.228 e. The summed E-state index contributed by atoms with van der Waals surface area (Å²) in [5.41, 5.74) is 4.66. The quantitative estimate of drug-likeness (QED) is 0.315. The summed E-state index contributed by atoms with van der Waals surface area (Å²) in [7, 11) is 0. The molecule has 0 spiro atoms. The average molecular weight is 475 g/mol. The van der Waals surface area contributed by atoms with Crippen LogP contribution in [0.5, 0.6) is 5.75 Å². The molecule has 4 rings (SSSR count). The second kappa shape index (κ2) is 10.6. The molecular weight excluding hydrogens is 448 g/mol. The Labute approximate surface area is 204 Å². The Hall–Kier alpha value is -3.57. The van der Waals surface area contributed by atoms with Crippen LogP contribution in [0.1, 0.15) is 52.6 Å². The molecule has 0 aliphatic rings. The fraction of sp³-hybridized carbons (Fsp3) is 0.214. The van der Waals surface area contributed by atoms with Crippen LogP contribution in [0.4, 0.5) is 0 Å². The molecule has 1 aromatic heterocycles. The van der Waals surface area contributed by atoms with E-state index in [2.05, 4.69) is 10.5 Å². The minimum Gasteiger partial charge on any atom is -0.489 e. The highest BCUT2D eigenvalue weighted by Gasteiger charge is 2.22.